The summed E-state index contributed by atoms with van der Waals surface area (Å²) in [5, 5.41) is 2.84. The zero-order chi connectivity index (χ0) is 19.9. The SMILES string of the molecule is COc1cccc(N([C@H](C)C(=O)NCCCN2CCOCC2)S(C)(=O)=O)c1. The lowest BCUT2D eigenvalue weighted by Gasteiger charge is -2.29. The molecule has 1 N–H and O–H groups in total. The van der Waals surface area contributed by atoms with Crippen LogP contribution in [-0.2, 0) is 19.6 Å². The molecule has 8 nitrogen and oxygen atoms in total. The van der Waals surface area contributed by atoms with Gasteiger partial charge in [-0.2, -0.15) is 0 Å². The second-order valence-electron chi connectivity index (χ2n) is 6.53. The summed E-state index contributed by atoms with van der Waals surface area (Å²) in [6, 6.07) is 5.80. The Kier molecular flexibility index (Phi) is 7.88. The van der Waals surface area contributed by atoms with E-state index >= 15 is 0 Å². The lowest BCUT2D eigenvalue weighted by atomic mass is 10.2. The summed E-state index contributed by atoms with van der Waals surface area (Å²) in [4.78, 5) is 14.8. The molecule has 152 valence electrons. The molecule has 1 aliphatic rings. The van der Waals surface area contributed by atoms with Gasteiger partial charge in [0.15, 0.2) is 0 Å². The van der Waals surface area contributed by atoms with Gasteiger partial charge in [-0.1, -0.05) is 6.07 Å². The van der Waals surface area contributed by atoms with E-state index in [2.05, 4.69) is 10.2 Å². The Morgan fingerprint density at radius 2 is 2.07 bits per heavy atom. The van der Waals surface area contributed by atoms with Gasteiger partial charge in [0.2, 0.25) is 15.9 Å². The number of benzene rings is 1. The first-order chi connectivity index (χ1) is 12.8. The minimum Gasteiger partial charge on any atom is -0.497 e. The van der Waals surface area contributed by atoms with Gasteiger partial charge < -0.3 is 14.8 Å². The number of nitrogens with zero attached hydrogens (tertiary/aromatic N) is 2. The quantitative estimate of drug-likeness (QED) is 0.615. The van der Waals surface area contributed by atoms with Crippen LogP contribution in [0.1, 0.15) is 13.3 Å². The van der Waals surface area contributed by atoms with Crippen molar-refractivity contribution in [2.45, 2.75) is 19.4 Å². The highest BCUT2D eigenvalue weighted by atomic mass is 32.2. The summed E-state index contributed by atoms with van der Waals surface area (Å²) < 4.78 is 36.2. The number of carbonyl (C=O) groups is 1. The maximum Gasteiger partial charge on any atom is 0.243 e. The highest BCUT2D eigenvalue weighted by molar-refractivity contribution is 7.92. The van der Waals surface area contributed by atoms with E-state index in [-0.39, 0.29) is 5.91 Å². The lowest BCUT2D eigenvalue weighted by molar-refractivity contribution is -0.121. The highest BCUT2D eigenvalue weighted by Crippen LogP contribution is 2.25. The van der Waals surface area contributed by atoms with Crippen molar-refractivity contribution >= 4 is 21.6 Å². The van der Waals surface area contributed by atoms with Crippen molar-refractivity contribution in [3.8, 4) is 5.75 Å². The number of sulfonamides is 1. The first-order valence-corrected chi connectivity index (χ1v) is 10.9. The molecular formula is C18H29N3O5S. The second-order valence-corrected chi connectivity index (χ2v) is 8.39. The molecule has 1 aliphatic heterocycles. The van der Waals surface area contributed by atoms with Crippen LogP contribution in [0.15, 0.2) is 24.3 Å². The molecule has 1 fully saturated rings. The number of nitrogens with one attached hydrogen (secondary N) is 1. The van der Waals surface area contributed by atoms with Crippen LogP contribution in [0.2, 0.25) is 0 Å². The molecule has 27 heavy (non-hydrogen) atoms. The van der Waals surface area contributed by atoms with Gasteiger partial charge >= 0.3 is 0 Å². The number of amides is 1. The van der Waals surface area contributed by atoms with Crippen molar-refractivity contribution in [2.75, 3.05) is 57.1 Å². The Bertz CT molecular complexity index is 719. The Hall–Kier alpha value is -1.84. The molecule has 1 aromatic carbocycles. The molecular weight excluding hydrogens is 370 g/mol. The van der Waals surface area contributed by atoms with Crippen LogP contribution in [0.3, 0.4) is 0 Å². The molecule has 0 spiro atoms. The topological polar surface area (TPSA) is 88.2 Å². The summed E-state index contributed by atoms with van der Waals surface area (Å²) in [6.45, 7) is 6.25. The lowest BCUT2D eigenvalue weighted by Crippen LogP contribution is -2.48. The zero-order valence-corrected chi connectivity index (χ0v) is 17.0. The van der Waals surface area contributed by atoms with Gasteiger partial charge in [0.1, 0.15) is 11.8 Å². The van der Waals surface area contributed by atoms with E-state index < -0.39 is 16.1 Å². The summed E-state index contributed by atoms with van der Waals surface area (Å²) in [6.07, 6.45) is 1.89. The molecule has 1 atom stereocenters. The van der Waals surface area contributed by atoms with Crippen molar-refractivity contribution in [1.29, 1.82) is 0 Å². The standard InChI is InChI=1S/C18H29N3O5S/c1-15(18(22)19-8-5-9-20-10-12-26-13-11-20)21(27(3,23)24)16-6-4-7-17(14-16)25-2/h4,6-7,14-15H,5,8-13H2,1-3H3,(H,19,22)/t15-/m1/s1. The van der Waals surface area contributed by atoms with Gasteiger partial charge in [0.25, 0.3) is 0 Å². The Morgan fingerprint density at radius 1 is 1.37 bits per heavy atom. The molecule has 0 unspecified atom stereocenters. The van der Waals surface area contributed by atoms with Crippen molar-refractivity contribution in [1.82, 2.24) is 10.2 Å². The maximum absolute atomic E-state index is 12.5. The molecule has 9 heteroatoms. The fraction of sp³-hybridized carbons (Fsp3) is 0.611. The van der Waals surface area contributed by atoms with Gasteiger partial charge in [-0.15, -0.1) is 0 Å². The number of anilines is 1. The van der Waals surface area contributed by atoms with E-state index in [4.69, 9.17) is 9.47 Å². The monoisotopic (exact) mass is 399 g/mol. The van der Waals surface area contributed by atoms with Crippen molar-refractivity contribution in [3.05, 3.63) is 24.3 Å². The van der Waals surface area contributed by atoms with Crippen LogP contribution in [0.4, 0.5) is 5.69 Å². The van der Waals surface area contributed by atoms with E-state index in [1.165, 1.54) is 7.11 Å². The molecule has 0 bridgehead atoms. The van der Waals surface area contributed by atoms with Crippen LogP contribution in [0.5, 0.6) is 5.75 Å². The van der Waals surface area contributed by atoms with Crippen molar-refractivity contribution in [2.24, 2.45) is 0 Å². The molecule has 0 radical (unpaired) electrons. The van der Waals surface area contributed by atoms with E-state index in [0.717, 1.165) is 49.8 Å². The van der Waals surface area contributed by atoms with Crippen LogP contribution >= 0.6 is 0 Å². The zero-order valence-electron chi connectivity index (χ0n) is 16.2. The Balaban J connectivity index is 1.95. The number of rotatable bonds is 9. The molecule has 1 saturated heterocycles. The van der Waals surface area contributed by atoms with Crippen molar-refractivity contribution in [3.63, 3.8) is 0 Å². The molecule has 1 amide bonds. The second kappa shape index (κ2) is 9.91. The van der Waals surface area contributed by atoms with Crippen LogP contribution < -0.4 is 14.4 Å². The minimum absolute atomic E-state index is 0.328. The van der Waals surface area contributed by atoms with E-state index in [1.54, 1.807) is 31.2 Å². The third-order valence-electron chi connectivity index (χ3n) is 4.45. The molecule has 0 aromatic heterocycles. The van der Waals surface area contributed by atoms with Gasteiger partial charge in [-0.05, 0) is 32.0 Å². The highest BCUT2D eigenvalue weighted by Gasteiger charge is 2.29. The summed E-state index contributed by atoms with van der Waals surface area (Å²) in [7, 11) is -2.13. The Labute approximate surface area is 161 Å². The average Bonchev–Trinajstić information content (AvgIpc) is 2.65. The fourth-order valence-corrected chi connectivity index (χ4v) is 4.21. The Morgan fingerprint density at radius 3 is 2.70 bits per heavy atom. The minimum atomic E-state index is -3.64. The average molecular weight is 400 g/mol. The van der Waals surface area contributed by atoms with Crippen LogP contribution in [0, 0.1) is 0 Å². The van der Waals surface area contributed by atoms with E-state index in [1.807, 2.05) is 0 Å². The predicted octanol–water partition coefficient (Wildman–Crippen LogP) is 0.688. The van der Waals surface area contributed by atoms with Crippen LogP contribution in [-0.4, -0.2) is 78.0 Å². The molecule has 1 heterocycles. The first kappa shape index (κ1) is 21.5. The molecule has 2 rings (SSSR count). The number of ether oxygens (including phenoxy) is 2. The van der Waals surface area contributed by atoms with Crippen molar-refractivity contribution < 1.29 is 22.7 Å². The molecule has 0 aliphatic carbocycles. The van der Waals surface area contributed by atoms with E-state index in [9.17, 15) is 13.2 Å². The summed E-state index contributed by atoms with van der Waals surface area (Å²) in [5.74, 6) is 0.199. The van der Waals surface area contributed by atoms with E-state index in [0.29, 0.717) is 18.0 Å². The van der Waals surface area contributed by atoms with Gasteiger partial charge in [0, 0.05) is 25.7 Å². The summed E-state index contributed by atoms with van der Waals surface area (Å²) in [5.41, 5.74) is 0.396. The number of hydrogen-bond donors (Lipinski definition) is 1. The van der Waals surface area contributed by atoms with Gasteiger partial charge in [0.05, 0.1) is 32.3 Å². The molecule has 1 aromatic rings. The number of morpholine rings is 1. The predicted molar refractivity (Wildman–Crippen MR) is 105 cm³/mol. The third-order valence-corrected chi connectivity index (χ3v) is 5.69. The maximum atomic E-state index is 12.5. The van der Waals surface area contributed by atoms with Gasteiger partial charge in [-0.25, -0.2) is 8.42 Å². The number of methoxy groups -OCH3 is 1. The smallest absolute Gasteiger partial charge is 0.243 e. The third kappa shape index (κ3) is 6.37. The normalized spacial score (nSPS) is 16.6. The fourth-order valence-electron chi connectivity index (χ4n) is 3.04. The number of hydrogen-bond acceptors (Lipinski definition) is 6. The number of carbonyl (C=O) groups excluding carboxylic acids is 1. The largest absolute Gasteiger partial charge is 0.497 e. The summed E-state index contributed by atoms with van der Waals surface area (Å²) >= 11 is 0. The van der Waals surface area contributed by atoms with Crippen LogP contribution in [0.25, 0.3) is 0 Å². The van der Waals surface area contributed by atoms with Gasteiger partial charge in [-0.3, -0.25) is 14.0 Å². The molecule has 0 saturated carbocycles. The first-order valence-electron chi connectivity index (χ1n) is 9.04.